The zero-order valence-corrected chi connectivity index (χ0v) is 13.1. The predicted molar refractivity (Wildman–Crippen MR) is 88.8 cm³/mol. The fourth-order valence-electron chi connectivity index (χ4n) is 2.13. The van der Waals surface area contributed by atoms with Crippen LogP contribution in [0, 0.1) is 0 Å². The van der Waals surface area contributed by atoms with Crippen molar-refractivity contribution in [2.75, 3.05) is 13.1 Å². The molecule has 2 aromatic carbocycles. The first kappa shape index (κ1) is 17.7. The van der Waals surface area contributed by atoms with Crippen molar-refractivity contribution in [3.8, 4) is 0 Å². The highest BCUT2D eigenvalue weighted by Crippen LogP contribution is 2.11. The van der Waals surface area contributed by atoms with E-state index in [9.17, 15) is 19.8 Å². The highest BCUT2D eigenvalue weighted by Gasteiger charge is 2.17. The van der Waals surface area contributed by atoms with Crippen LogP contribution in [0.3, 0.4) is 0 Å². The van der Waals surface area contributed by atoms with Gasteiger partial charge in [0.25, 0.3) is 0 Å². The lowest BCUT2D eigenvalue weighted by Gasteiger charge is -2.14. The monoisotopic (exact) mass is 328 g/mol. The Kier molecular flexibility index (Phi) is 6.48. The summed E-state index contributed by atoms with van der Waals surface area (Å²) in [5.74, 6) is -1.71. The minimum absolute atomic E-state index is 0.0719. The number of carbonyl (C=O) groups excluding carboxylic acids is 2. The van der Waals surface area contributed by atoms with E-state index in [2.05, 4.69) is 10.6 Å². The second-order valence-corrected chi connectivity index (χ2v) is 5.27. The summed E-state index contributed by atoms with van der Waals surface area (Å²) < 4.78 is 0. The number of rotatable bonds is 6. The van der Waals surface area contributed by atoms with E-state index in [1.165, 1.54) is 0 Å². The molecule has 6 heteroatoms. The number of nitrogens with one attached hydrogen (secondary N) is 2. The zero-order chi connectivity index (χ0) is 17.4. The molecular formula is C18H20N2O4. The van der Waals surface area contributed by atoms with E-state index in [0.717, 1.165) is 0 Å². The zero-order valence-electron chi connectivity index (χ0n) is 13.1. The minimum Gasteiger partial charge on any atom is -0.387 e. The highest BCUT2D eigenvalue weighted by molar-refractivity contribution is 6.35. The summed E-state index contributed by atoms with van der Waals surface area (Å²) in [4.78, 5) is 23.4. The Morgan fingerprint density at radius 1 is 0.708 bits per heavy atom. The largest absolute Gasteiger partial charge is 0.387 e. The van der Waals surface area contributed by atoms with E-state index in [-0.39, 0.29) is 13.1 Å². The number of carbonyl (C=O) groups is 2. The molecule has 0 heterocycles. The summed E-state index contributed by atoms with van der Waals surface area (Å²) in [6.07, 6.45) is -1.78. The van der Waals surface area contributed by atoms with Gasteiger partial charge in [0.2, 0.25) is 0 Å². The van der Waals surface area contributed by atoms with Crippen LogP contribution in [-0.2, 0) is 9.59 Å². The molecule has 0 fully saturated rings. The van der Waals surface area contributed by atoms with Gasteiger partial charge in [0, 0.05) is 13.1 Å². The number of aliphatic hydroxyl groups is 2. The molecule has 0 spiro atoms. The summed E-state index contributed by atoms with van der Waals surface area (Å²) in [5.41, 5.74) is 1.30. The summed E-state index contributed by atoms with van der Waals surface area (Å²) in [6, 6.07) is 17.7. The van der Waals surface area contributed by atoms with Gasteiger partial charge in [-0.3, -0.25) is 9.59 Å². The van der Waals surface area contributed by atoms with Gasteiger partial charge in [-0.2, -0.15) is 0 Å². The van der Waals surface area contributed by atoms with Gasteiger partial charge in [-0.25, -0.2) is 0 Å². The molecule has 4 N–H and O–H groups in total. The van der Waals surface area contributed by atoms with Crippen LogP contribution in [0.2, 0.25) is 0 Å². The molecule has 0 aromatic heterocycles. The quantitative estimate of drug-likeness (QED) is 0.586. The molecule has 0 saturated heterocycles. The SMILES string of the molecule is O=C(NCC(O)c1ccccc1)C(=O)NCC(O)c1ccccc1. The Morgan fingerprint density at radius 3 is 1.38 bits per heavy atom. The van der Waals surface area contributed by atoms with Crippen LogP contribution in [0.4, 0.5) is 0 Å². The average molecular weight is 328 g/mol. The summed E-state index contributed by atoms with van der Waals surface area (Å²) >= 11 is 0. The molecule has 0 saturated carbocycles. The summed E-state index contributed by atoms with van der Waals surface area (Å²) in [7, 11) is 0. The Morgan fingerprint density at radius 2 is 1.04 bits per heavy atom. The molecule has 0 radical (unpaired) electrons. The fraction of sp³-hybridized carbons (Fsp3) is 0.222. The van der Waals surface area contributed by atoms with Crippen molar-refractivity contribution in [2.45, 2.75) is 12.2 Å². The number of aliphatic hydroxyl groups excluding tert-OH is 2. The van der Waals surface area contributed by atoms with Gasteiger partial charge in [0.05, 0.1) is 12.2 Å². The standard InChI is InChI=1S/C18H20N2O4/c21-15(13-7-3-1-4-8-13)11-19-17(23)18(24)20-12-16(22)14-9-5-2-6-10-14/h1-10,15-16,21-22H,11-12H2,(H,19,23)(H,20,24). The molecule has 2 amide bonds. The van der Waals surface area contributed by atoms with Crippen LogP contribution in [0.25, 0.3) is 0 Å². The van der Waals surface area contributed by atoms with Crippen molar-refractivity contribution in [1.82, 2.24) is 10.6 Å². The Hall–Kier alpha value is -2.70. The number of hydrogen-bond donors (Lipinski definition) is 4. The lowest BCUT2D eigenvalue weighted by Crippen LogP contribution is -2.42. The Bertz CT molecular complexity index is 602. The molecular weight excluding hydrogens is 308 g/mol. The maximum Gasteiger partial charge on any atom is 0.309 e. The van der Waals surface area contributed by atoms with Crippen LogP contribution >= 0.6 is 0 Å². The second-order valence-electron chi connectivity index (χ2n) is 5.27. The van der Waals surface area contributed by atoms with E-state index in [0.29, 0.717) is 11.1 Å². The topological polar surface area (TPSA) is 98.7 Å². The van der Waals surface area contributed by atoms with E-state index >= 15 is 0 Å². The lowest BCUT2D eigenvalue weighted by atomic mass is 10.1. The maximum atomic E-state index is 11.7. The third kappa shape index (κ3) is 5.19. The van der Waals surface area contributed by atoms with E-state index in [1.54, 1.807) is 48.5 Å². The Balaban J connectivity index is 1.75. The first-order valence-electron chi connectivity index (χ1n) is 7.60. The minimum atomic E-state index is -0.891. The molecule has 2 unspecified atom stereocenters. The smallest absolute Gasteiger partial charge is 0.309 e. The van der Waals surface area contributed by atoms with Crippen LogP contribution < -0.4 is 10.6 Å². The third-order valence-corrected chi connectivity index (χ3v) is 3.49. The van der Waals surface area contributed by atoms with Crippen LogP contribution in [0.5, 0.6) is 0 Å². The van der Waals surface area contributed by atoms with Crippen molar-refractivity contribution < 1.29 is 19.8 Å². The molecule has 0 aliphatic rings. The number of amides is 2. The van der Waals surface area contributed by atoms with Gasteiger partial charge >= 0.3 is 11.8 Å². The number of benzene rings is 2. The molecule has 6 nitrogen and oxygen atoms in total. The molecule has 0 aliphatic heterocycles. The van der Waals surface area contributed by atoms with E-state index < -0.39 is 24.0 Å². The van der Waals surface area contributed by atoms with Gasteiger partial charge in [-0.1, -0.05) is 60.7 Å². The van der Waals surface area contributed by atoms with Crippen LogP contribution in [0.1, 0.15) is 23.3 Å². The van der Waals surface area contributed by atoms with Crippen LogP contribution in [0.15, 0.2) is 60.7 Å². The maximum absolute atomic E-state index is 11.7. The van der Waals surface area contributed by atoms with Crippen LogP contribution in [-0.4, -0.2) is 35.1 Å². The molecule has 2 aromatic rings. The van der Waals surface area contributed by atoms with Crippen molar-refractivity contribution in [2.24, 2.45) is 0 Å². The fourth-order valence-corrected chi connectivity index (χ4v) is 2.13. The van der Waals surface area contributed by atoms with Gasteiger partial charge < -0.3 is 20.8 Å². The van der Waals surface area contributed by atoms with Gasteiger partial charge in [0.1, 0.15) is 0 Å². The summed E-state index contributed by atoms with van der Waals surface area (Å²) in [5, 5.41) is 24.6. The molecule has 0 bridgehead atoms. The van der Waals surface area contributed by atoms with Crippen molar-refractivity contribution in [1.29, 1.82) is 0 Å². The van der Waals surface area contributed by atoms with Gasteiger partial charge in [-0.15, -0.1) is 0 Å². The molecule has 126 valence electrons. The van der Waals surface area contributed by atoms with Crippen molar-refractivity contribution in [3.63, 3.8) is 0 Å². The van der Waals surface area contributed by atoms with Crippen molar-refractivity contribution >= 4 is 11.8 Å². The first-order chi connectivity index (χ1) is 11.6. The highest BCUT2D eigenvalue weighted by atomic mass is 16.3. The second kappa shape index (κ2) is 8.81. The normalized spacial score (nSPS) is 12.9. The molecule has 2 rings (SSSR count). The van der Waals surface area contributed by atoms with Gasteiger partial charge in [-0.05, 0) is 11.1 Å². The Labute approximate surface area is 140 Å². The van der Waals surface area contributed by atoms with E-state index in [1.807, 2.05) is 12.1 Å². The summed E-state index contributed by atoms with van der Waals surface area (Å²) in [6.45, 7) is -0.144. The van der Waals surface area contributed by atoms with Gasteiger partial charge in [0.15, 0.2) is 0 Å². The molecule has 24 heavy (non-hydrogen) atoms. The predicted octanol–water partition coefficient (Wildman–Crippen LogP) is 0.686. The molecule has 2 atom stereocenters. The third-order valence-electron chi connectivity index (χ3n) is 3.49. The van der Waals surface area contributed by atoms with Crippen molar-refractivity contribution in [3.05, 3.63) is 71.8 Å². The first-order valence-corrected chi connectivity index (χ1v) is 7.60. The average Bonchev–Trinajstić information content (AvgIpc) is 2.64. The lowest BCUT2D eigenvalue weighted by molar-refractivity contribution is -0.139. The van der Waals surface area contributed by atoms with E-state index in [4.69, 9.17) is 0 Å². The molecule has 0 aliphatic carbocycles. The number of hydrogen-bond acceptors (Lipinski definition) is 4.